The van der Waals surface area contributed by atoms with Gasteiger partial charge in [-0.15, -0.1) is 0 Å². The van der Waals surface area contributed by atoms with Crippen molar-refractivity contribution in [3.8, 4) is 5.69 Å². The maximum absolute atomic E-state index is 12.3. The molecular formula is C25H43N7O. The third-order valence-electron chi connectivity index (χ3n) is 4.39. The number of aromatic amines is 1. The number of rotatable bonds is 7. The molecule has 3 rings (SSSR count). The summed E-state index contributed by atoms with van der Waals surface area (Å²) in [5.74, 6) is 0.122. The molecule has 0 aliphatic heterocycles. The fourth-order valence-electron chi connectivity index (χ4n) is 2.96. The van der Waals surface area contributed by atoms with Crippen LogP contribution in [0.5, 0.6) is 0 Å². The Morgan fingerprint density at radius 3 is 2.30 bits per heavy atom. The molecule has 0 unspecified atom stereocenters. The van der Waals surface area contributed by atoms with Gasteiger partial charge in [-0.05, 0) is 50.6 Å². The summed E-state index contributed by atoms with van der Waals surface area (Å²) in [7, 11) is 0. The molecule has 1 aromatic carbocycles. The van der Waals surface area contributed by atoms with Gasteiger partial charge in [0.2, 0.25) is 0 Å². The number of nitrogens with two attached hydrogens (primary N) is 2. The summed E-state index contributed by atoms with van der Waals surface area (Å²) in [4.78, 5) is 23.5. The average molecular weight is 458 g/mol. The van der Waals surface area contributed by atoms with Gasteiger partial charge in [-0.1, -0.05) is 53.7 Å². The molecule has 2 aromatic heterocycles. The van der Waals surface area contributed by atoms with Crippen LogP contribution in [0.15, 0.2) is 46.3 Å². The van der Waals surface area contributed by atoms with Crippen LogP contribution < -0.4 is 22.5 Å². The lowest BCUT2D eigenvalue weighted by molar-refractivity contribution is 0.562. The molecular weight excluding hydrogens is 414 g/mol. The highest BCUT2D eigenvalue weighted by atomic mass is 16.1. The van der Waals surface area contributed by atoms with Crippen molar-refractivity contribution >= 4 is 17.0 Å². The van der Waals surface area contributed by atoms with E-state index in [4.69, 9.17) is 11.5 Å². The van der Waals surface area contributed by atoms with Crippen LogP contribution in [0.25, 0.3) is 16.7 Å². The summed E-state index contributed by atoms with van der Waals surface area (Å²) in [6, 6.07) is 10.1. The van der Waals surface area contributed by atoms with Crippen molar-refractivity contribution < 1.29 is 0 Å². The molecule has 0 bridgehead atoms. The monoisotopic (exact) mass is 457 g/mol. The maximum atomic E-state index is 12.3. The number of hydrogen-bond donors (Lipinski definition) is 4. The second kappa shape index (κ2) is 16.5. The van der Waals surface area contributed by atoms with Gasteiger partial charge in [-0.3, -0.25) is 9.56 Å². The van der Waals surface area contributed by atoms with E-state index in [0.717, 1.165) is 35.3 Å². The molecule has 0 fully saturated rings. The second-order valence-electron chi connectivity index (χ2n) is 6.58. The predicted molar refractivity (Wildman–Crippen MR) is 142 cm³/mol. The minimum atomic E-state index is -0.303. The zero-order valence-corrected chi connectivity index (χ0v) is 21.6. The van der Waals surface area contributed by atoms with E-state index in [1.165, 1.54) is 0 Å². The number of nitrogens with zero attached hydrogens (tertiary/aromatic N) is 3. The van der Waals surface area contributed by atoms with Crippen molar-refractivity contribution in [2.24, 2.45) is 16.5 Å². The van der Waals surface area contributed by atoms with E-state index in [-0.39, 0.29) is 17.7 Å². The number of benzene rings is 1. The van der Waals surface area contributed by atoms with E-state index in [1.807, 2.05) is 85.0 Å². The van der Waals surface area contributed by atoms with Crippen LogP contribution in [-0.4, -0.2) is 33.6 Å². The molecule has 0 spiro atoms. The van der Waals surface area contributed by atoms with Crippen molar-refractivity contribution in [2.75, 3.05) is 13.1 Å². The molecule has 8 nitrogen and oxygen atoms in total. The third-order valence-corrected chi connectivity index (χ3v) is 4.39. The molecule has 33 heavy (non-hydrogen) atoms. The molecule has 6 N–H and O–H groups in total. The smallest absolute Gasteiger partial charge is 0.354 e. The second-order valence-corrected chi connectivity index (χ2v) is 6.58. The summed E-state index contributed by atoms with van der Waals surface area (Å²) in [6.07, 6.45) is 2.67. The Kier molecular flexibility index (Phi) is 14.9. The Hall–Kier alpha value is -3.13. The lowest BCUT2D eigenvalue weighted by atomic mass is 10.1. The summed E-state index contributed by atoms with van der Waals surface area (Å²) >= 11 is 0. The number of aliphatic imine (C=N–C) groups is 1. The lowest BCUT2D eigenvalue weighted by Crippen LogP contribution is -2.24. The van der Waals surface area contributed by atoms with E-state index in [1.54, 1.807) is 4.57 Å². The van der Waals surface area contributed by atoms with Crippen LogP contribution in [0, 0.1) is 6.92 Å². The molecule has 184 valence electrons. The summed E-state index contributed by atoms with van der Waals surface area (Å²) < 4.78 is 1.56. The Morgan fingerprint density at radius 2 is 1.73 bits per heavy atom. The first-order valence-corrected chi connectivity index (χ1v) is 11.9. The number of fused-ring (bicyclic) bond motifs is 1. The number of H-pyrrole nitrogens is 1. The molecule has 8 heteroatoms. The summed E-state index contributed by atoms with van der Waals surface area (Å²) in [5, 5.41) is 4.34. The normalized spacial score (nSPS) is 10.5. The highest BCUT2D eigenvalue weighted by Crippen LogP contribution is 2.17. The highest BCUT2D eigenvalue weighted by molar-refractivity contribution is 5.76. The van der Waals surface area contributed by atoms with Gasteiger partial charge < -0.3 is 21.8 Å². The van der Waals surface area contributed by atoms with Crippen molar-refractivity contribution in [3.63, 3.8) is 0 Å². The zero-order valence-electron chi connectivity index (χ0n) is 21.6. The third kappa shape index (κ3) is 9.49. The quantitative estimate of drug-likeness (QED) is 0.237. The molecule has 0 saturated heterocycles. The zero-order chi connectivity index (χ0) is 25.4. The van der Waals surface area contributed by atoms with Crippen LogP contribution in [0.3, 0.4) is 0 Å². The van der Waals surface area contributed by atoms with Crippen molar-refractivity contribution in [1.82, 2.24) is 19.9 Å². The largest absolute Gasteiger partial charge is 0.370 e. The van der Waals surface area contributed by atoms with E-state index >= 15 is 0 Å². The molecule has 1 atom stereocenters. The van der Waals surface area contributed by atoms with E-state index < -0.39 is 0 Å². The number of nitrogens with one attached hydrogen (secondary N) is 2. The first-order valence-electron chi connectivity index (χ1n) is 11.9. The fraction of sp³-hybridized carbons (Fsp3) is 0.480. The minimum Gasteiger partial charge on any atom is -0.370 e. The minimum absolute atomic E-state index is 0.122. The molecule has 0 aliphatic rings. The van der Waals surface area contributed by atoms with Gasteiger partial charge in [0.05, 0.1) is 5.69 Å². The van der Waals surface area contributed by atoms with Crippen LogP contribution >= 0.6 is 0 Å². The predicted octanol–water partition coefficient (Wildman–Crippen LogP) is 4.41. The molecule has 0 amide bonds. The van der Waals surface area contributed by atoms with Crippen LogP contribution in [0.1, 0.15) is 72.2 Å². The first-order chi connectivity index (χ1) is 15.9. The van der Waals surface area contributed by atoms with E-state index in [2.05, 4.69) is 27.2 Å². The Balaban J connectivity index is 0.00000158. The molecule has 0 aliphatic carbocycles. The number of aromatic nitrogens is 3. The van der Waals surface area contributed by atoms with Gasteiger partial charge in [-0.25, -0.2) is 4.79 Å². The fourth-order valence-corrected chi connectivity index (χ4v) is 2.96. The number of aryl methyl sites for hydroxylation is 1. The molecule has 3 aromatic rings. The van der Waals surface area contributed by atoms with E-state index in [0.29, 0.717) is 12.2 Å². The van der Waals surface area contributed by atoms with Crippen molar-refractivity contribution in [2.45, 2.75) is 67.9 Å². The SMILES string of the molecule is CC.CC.CC.Cc1cc2cn(-c3ccc([C@H](C)NCCCN=C(N)N)cc3)c(=O)nc2[nH]1. The summed E-state index contributed by atoms with van der Waals surface area (Å²) in [5.41, 5.74) is 13.8. The van der Waals surface area contributed by atoms with Crippen LogP contribution in [-0.2, 0) is 0 Å². The molecule has 0 radical (unpaired) electrons. The van der Waals surface area contributed by atoms with Gasteiger partial charge in [0.1, 0.15) is 5.65 Å². The van der Waals surface area contributed by atoms with Gasteiger partial charge in [0.15, 0.2) is 5.96 Å². The summed E-state index contributed by atoms with van der Waals surface area (Å²) in [6.45, 7) is 17.5. The van der Waals surface area contributed by atoms with Gasteiger partial charge in [0, 0.05) is 29.9 Å². The maximum Gasteiger partial charge on any atom is 0.354 e. The average Bonchev–Trinajstić information content (AvgIpc) is 3.20. The topological polar surface area (TPSA) is 127 Å². The Morgan fingerprint density at radius 1 is 1.12 bits per heavy atom. The lowest BCUT2D eigenvalue weighted by Gasteiger charge is -2.15. The molecule has 2 heterocycles. The van der Waals surface area contributed by atoms with Crippen molar-refractivity contribution in [3.05, 3.63) is 58.3 Å². The molecule has 0 saturated carbocycles. The highest BCUT2D eigenvalue weighted by Gasteiger charge is 2.08. The Bertz CT molecular complexity index is 1000. The van der Waals surface area contributed by atoms with Crippen LogP contribution in [0.2, 0.25) is 0 Å². The number of guanidine groups is 1. The number of hydrogen-bond acceptors (Lipinski definition) is 4. The van der Waals surface area contributed by atoms with Gasteiger partial charge in [-0.2, -0.15) is 4.98 Å². The standard InChI is InChI=1S/C19H25N7O.3C2H6/c1-12-10-15-11-26(19(27)25-17(15)24-12)16-6-4-14(5-7-16)13(2)22-8-3-9-23-18(20)21;3*1-2/h4-7,10-11,13,22H,3,8-9H2,1-2H3,(H4,20,21,23)(H,24,25,27);3*1-2H3/t13-;;;/m0.../s1. The van der Waals surface area contributed by atoms with Crippen LogP contribution in [0.4, 0.5) is 0 Å². The first kappa shape index (κ1) is 29.9. The van der Waals surface area contributed by atoms with Gasteiger partial charge in [0.25, 0.3) is 0 Å². The van der Waals surface area contributed by atoms with Crippen molar-refractivity contribution in [1.29, 1.82) is 0 Å². The van der Waals surface area contributed by atoms with Gasteiger partial charge >= 0.3 is 5.69 Å². The Labute approximate surface area is 198 Å². The van der Waals surface area contributed by atoms with E-state index in [9.17, 15) is 4.79 Å².